The van der Waals surface area contributed by atoms with Gasteiger partial charge in [-0.1, -0.05) is 17.8 Å². The molecule has 2 aromatic carbocycles. The maximum Gasteiger partial charge on any atom is 0.238 e. The van der Waals surface area contributed by atoms with Gasteiger partial charge < -0.3 is 14.8 Å². The molecule has 1 N–H and O–H groups in total. The Labute approximate surface area is 180 Å². The molecule has 0 spiro atoms. The largest absolute Gasteiger partial charge is 0.497 e. The van der Waals surface area contributed by atoms with Crippen LogP contribution in [0, 0.1) is 0 Å². The number of nitrogens with zero attached hydrogens (tertiary/aromatic N) is 2. The van der Waals surface area contributed by atoms with Crippen molar-refractivity contribution in [3.05, 3.63) is 48.5 Å². The molecule has 1 saturated heterocycles. The van der Waals surface area contributed by atoms with Crippen molar-refractivity contribution < 1.29 is 19.1 Å². The van der Waals surface area contributed by atoms with Crippen molar-refractivity contribution in [2.75, 3.05) is 25.6 Å². The number of amides is 2. The minimum absolute atomic E-state index is 0.121. The molecule has 2 amide bonds. The molecule has 0 saturated carbocycles. The number of carbonyl (C=O) groups excluding carboxylic acids is 2. The van der Waals surface area contributed by atoms with Gasteiger partial charge in [0.1, 0.15) is 16.7 Å². The predicted molar refractivity (Wildman–Crippen MR) is 120 cm³/mol. The van der Waals surface area contributed by atoms with Crippen LogP contribution in [-0.2, 0) is 9.59 Å². The van der Waals surface area contributed by atoms with Gasteiger partial charge in [-0.3, -0.25) is 14.5 Å². The Hall–Kier alpha value is -3.00. The van der Waals surface area contributed by atoms with E-state index in [2.05, 4.69) is 10.3 Å². The molecule has 1 atom stereocenters. The van der Waals surface area contributed by atoms with Gasteiger partial charge in [0, 0.05) is 24.7 Å². The van der Waals surface area contributed by atoms with Crippen LogP contribution in [0.25, 0.3) is 0 Å². The first-order valence-electron chi connectivity index (χ1n) is 9.77. The normalized spacial score (nSPS) is 17.7. The third-order valence-electron chi connectivity index (χ3n) is 4.46. The van der Waals surface area contributed by atoms with E-state index in [0.717, 1.165) is 5.75 Å². The van der Waals surface area contributed by atoms with Crippen LogP contribution in [0.1, 0.15) is 20.3 Å². The fourth-order valence-corrected chi connectivity index (χ4v) is 4.13. The first-order valence-corrected chi connectivity index (χ1v) is 10.7. The Morgan fingerprint density at radius 1 is 1.20 bits per heavy atom. The van der Waals surface area contributed by atoms with Crippen LogP contribution in [0.4, 0.5) is 11.4 Å². The summed E-state index contributed by atoms with van der Waals surface area (Å²) in [5, 5.41) is 2.83. The Morgan fingerprint density at radius 3 is 2.63 bits per heavy atom. The van der Waals surface area contributed by atoms with E-state index in [1.165, 1.54) is 11.8 Å². The molecule has 1 heterocycles. The SMILES string of the molecule is CCOc1ccc(NC(=O)C2CC(=O)N(CC)C(=Nc3cccc(OC)c3)S2)cc1. The smallest absolute Gasteiger partial charge is 0.238 e. The number of thioether (sulfide) groups is 1. The van der Waals surface area contributed by atoms with E-state index in [4.69, 9.17) is 9.47 Å². The number of anilines is 1. The van der Waals surface area contributed by atoms with Crippen LogP contribution in [0.15, 0.2) is 53.5 Å². The molecule has 0 aromatic heterocycles. The predicted octanol–water partition coefficient (Wildman–Crippen LogP) is 4.07. The summed E-state index contributed by atoms with van der Waals surface area (Å²) in [6.45, 7) is 4.87. The molecule has 1 aliphatic heterocycles. The third-order valence-corrected chi connectivity index (χ3v) is 5.65. The van der Waals surface area contributed by atoms with Gasteiger partial charge in [-0.05, 0) is 50.2 Å². The quantitative estimate of drug-likeness (QED) is 0.720. The molecule has 0 radical (unpaired) electrons. The fraction of sp³-hybridized carbons (Fsp3) is 0.318. The van der Waals surface area contributed by atoms with Crippen LogP contribution < -0.4 is 14.8 Å². The topological polar surface area (TPSA) is 80.2 Å². The Balaban J connectivity index is 1.76. The van der Waals surface area contributed by atoms with E-state index in [-0.39, 0.29) is 18.2 Å². The summed E-state index contributed by atoms with van der Waals surface area (Å²) < 4.78 is 10.7. The lowest BCUT2D eigenvalue weighted by Crippen LogP contribution is -2.45. The molecule has 30 heavy (non-hydrogen) atoms. The maximum absolute atomic E-state index is 12.8. The summed E-state index contributed by atoms with van der Waals surface area (Å²) in [6.07, 6.45) is 0.124. The van der Waals surface area contributed by atoms with Crippen LogP contribution >= 0.6 is 11.8 Å². The van der Waals surface area contributed by atoms with E-state index < -0.39 is 5.25 Å². The number of hydrogen-bond donors (Lipinski definition) is 1. The van der Waals surface area contributed by atoms with Crippen LogP contribution in [0.3, 0.4) is 0 Å². The zero-order valence-corrected chi connectivity index (χ0v) is 18.1. The highest BCUT2D eigenvalue weighted by Crippen LogP contribution is 2.30. The standard InChI is InChI=1S/C22H25N3O4S/c1-4-25-20(26)14-19(21(27)23-15-9-11-17(12-10-15)29-5-2)30-22(25)24-16-7-6-8-18(13-16)28-3/h6-13,19H,4-5,14H2,1-3H3,(H,23,27). The lowest BCUT2D eigenvalue weighted by Gasteiger charge is -2.30. The minimum Gasteiger partial charge on any atom is -0.497 e. The Bertz CT molecular complexity index is 930. The summed E-state index contributed by atoms with van der Waals surface area (Å²) in [7, 11) is 1.59. The van der Waals surface area contributed by atoms with Crippen molar-refractivity contribution in [1.82, 2.24) is 4.90 Å². The number of ether oxygens (including phenoxy) is 2. The molecule has 1 unspecified atom stereocenters. The molecule has 1 fully saturated rings. The van der Waals surface area contributed by atoms with Crippen LogP contribution in [-0.4, -0.2) is 47.4 Å². The molecule has 7 nitrogen and oxygen atoms in total. The summed E-state index contributed by atoms with van der Waals surface area (Å²) in [5.41, 5.74) is 1.32. The van der Waals surface area contributed by atoms with E-state index in [9.17, 15) is 9.59 Å². The van der Waals surface area contributed by atoms with Gasteiger partial charge in [0.25, 0.3) is 0 Å². The van der Waals surface area contributed by atoms with Gasteiger partial charge in [-0.25, -0.2) is 4.99 Å². The van der Waals surface area contributed by atoms with Crippen molar-refractivity contribution in [1.29, 1.82) is 0 Å². The average molecular weight is 428 g/mol. The first-order chi connectivity index (χ1) is 14.5. The second kappa shape index (κ2) is 10.2. The molecular formula is C22H25N3O4S. The van der Waals surface area contributed by atoms with Crippen LogP contribution in [0.2, 0.25) is 0 Å². The van der Waals surface area contributed by atoms with Gasteiger partial charge >= 0.3 is 0 Å². The zero-order chi connectivity index (χ0) is 21.5. The van der Waals surface area contributed by atoms with Crippen molar-refractivity contribution >= 4 is 40.1 Å². The average Bonchev–Trinajstić information content (AvgIpc) is 2.75. The van der Waals surface area contributed by atoms with Crippen LogP contribution in [0.5, 0.6) is 11.5 Å². The van der Waals surface area contributed by atoms with Gasteiger partial charge in [0.2, 0.25) is 11.8 Å². The highest BCUT2D eigenvalue weighted by Gasteiger charge is 2.35. The highest BCUT2D eigenvalue weighted by atomic mass is 32.2. The number of rotatable bonds is 7. The summed E-state index contributed by atoms with van der Waals surface area (Å²) in [5.74, 6) is 1.07. The molecule has 0 aliphatic carbocycles. The van der Waals surface area contributed by atoms with E-state index in [1.54, 1.807) is 42.3 Å². The molecule has 0 bridgehead atoms. The summed E-state index contributed by atoms with van der Waals surface area (Å²) in [4.78, 5) is 31.7. The first kappa shape index (κ1) is 21.7. The number of methoxy groups -OCH3 is 1. The number of benzene rings is 2. The van der Waals surface area contributed by atoms with Crippen molar-refractivity contribution in [2.45, 2.75) is 25.5 Å². The zero-order valence-electron chi connectivity index (χ0n) is 17.3. The van der Waals surface area contributed by atoms with E-state index >= 15 is 0 Å². The third kappa shape index (κ3) is 5.33. The highest BCUT2D eigenvalue weighted by molar-refractivity contribution is 8.15. The van der Waals surface area contributed by atoms with Gasteiger partial charge in [-0.15, -0.1) is 0 Å². The maximum atomic E-state index is 12.8. The second-order valence-electron chi connectivity index (χ2n) is 6.49. The van der Waals surface area contributed by atoms with Crippen molar-refractivity contribution in [2.24, 2.45) is 4.99 Å². The molecular weight excluding hydrogens is 402 g/mol. The number of nitrogens with one attached hydrogen (secondary N) is 1. The minimum atomic E-state index is -0.559. The van der Waals surface area contributed by atoms with Gasteiger partial charge in [0.05, 0.1) is 19.4 Å². The number of aliphatic imine (C=N–C) groups is 1. The Kier molecular flexibility index (Phi) is 7.35. The molecule has 3 rings (SSSR count). The van der Waals surface area contributed by atoms with Crippen molar-refractivity contribution in [3.8, 4) is 11.5 Å². The molecule has 158 valence electrons. The van der Waals surface area contributed by atoms with Gasteiger partial charge in [0.15, 0.2) is 5.17 Å². The summed E-state index contributed by atoms with van der Waals surface area (Å²) >= 11 is 1.29. The van der Waals surface area contributed by atoms with E-state index in [0.29, 0.717) is 35.4 Å². The van der Waals surface area contributed by atoms with Gasteiger partial charge in [-0.2, -0.15) is 0 Å². The second-order valence-corrected chi connectivity index (χ2v) is 7.66. The van der Waals surface area contributed by atoms with Crippen molar-refractivity contribution in [3.63, 3.8) is 0 Å². The summed E-state index contributed by atoms with van der Waals surface area (Å²) in [6, 6.07) is 14.4. The molecule has 1 aliphatic rings. The molecule has 2 aromatic rings. The number of hydrogen-bond acceptors (Lipinski definition) is 6. The number of carbonyl (C=O) groups is 2. The van der Waals surface area contributed by atoms with E-state index in [1.807, 2.05) is 32.0 Å². The number of amidine groups is 1. The lowest BCUT2D eigenvalue weighted by atomic mass is 10.2. The fourth-order valence-electron chi connectivity index (χ4n) is 2.97. The lowest BCUT2D eigenvalue weighted by molar-refractivity contribution is -0.129. The molecule has 8 heteroatoms. The monoisotopic (exact) mass is 427 g/mol. The Morgan fingerprint density at radius 2 is 1.97 bits per heavy atom.